The van der Waals surface area contributed by atoms with E-state index >= 15 is 0 Å². The zero-order valence-electron chi connectivity index (χ0n) is 14.1. The lowest BCUT2D eigenvalue weighted by molar-refractivity contribution is 0.0932. The standard InChI is InChI=1S/C18H22FN3O2S/c1-11-17(18(23)22-15-4-2-3-12(15)9-20)25-16(21-11)10-24-14-7-5-13(19)6-8-14/h5-8,12,15H,2-4,9-10,20H2,1H3,(H,22,23). The molecule has 0 aliphatic heterocycles. The predicted octanol–water partition coefficient (Wildman–Crippen LogP) is 3.03. The van der Waals surface area contributed by atoms with Gasteiger partial charge in [0.15, 0.2) is 0 Å². The van der Waals surface area contributed by atoms with E-state index in [0.717, 1.165) is 19.3 Å². The summed E-state index contributed by atoms with van der Waals surface area (Å²) in [5, 5.41) is 3.82. The third kappa shape index (κ3) is 4.35. The molecular formula is C18H22FN3O2S. The first-order chi connectivity index (χ1) is 12.1. The van der Waals surface area contributed by atoms with Gasteiger partial charge in [0.05, 0.1) is 5.69 Å². The van der Waals surface area contributed by atoms with Crippen LogP contribution in [0.4, 0.5) is 4.39 Å². The number of aromatic nitrogens is 1. The zero-order valence-corrected chi connectivity index (χ0v) is 14.9. The number of carbonyl (C=O) groups is 1. The first-order valence-electron chi connectivity index (χ1n) is 8.42. The lowest BCUT2D eigenvalue weighted by atomic mass is 10.0. The van der Waals surface area contributed by atoms with Crippen molar-refractivity contribution in [1.29, 1.82) is 0 Å². The van der Waals surface area contributed by atoms with Crippen LogP contribution in [0.3, 0.4) is 0 Å². The fourth-order valence-electron chi connectivity index (χ4n) is 3.14. The molecule has 1 aromatic carbocycles. The second-order valence-corrected chi connectivity index (χ2v) is 7.35. The van der Waals surface area contributed by atoms with Crippen LogP contribution in [0.5, 0.6) is 5.75 Å². The number of ether oxygens (including phenoxy) is 1. The Hall–Kier alpha value is -1.99. The van der Waals surface area contributed by atoms with Gasteiger partial charge in [-0.3, -0.25) is 4.79 Å². The van der Waals surface area contributed by atoms with Crippen molar-refractivity contribution in [3.63, 3.8) is 0 Å². The van der Waals surface area contributed by atoms with E-state index < -0.39 is 0 Å². The minimum absolute atomic E-state index is 0.0895. The van der Waals surface area contributed by atoms with Crippen LogP contribution in [-0.4, -0.2) is 23.5 Å². The number of nitrogens with zero attached hydrogens (tertiary/aromatic N) is 1. The molecule has 2 aromatic rings. The third-order valence-corrected chi connectivity index (χ3v) is 5.63. The molecule has 3 N–H and O–H groups in total. The molecule has 7 heteroatoms. The van der Waals surface area contributed by atoms with Crippen molar-refractivity contribution in [1.82, 2.24) is 10.3 Å². The number of halogens is 1. The summed E-state index contributed by atoms with van der Waals surface area (Å²) in [4.78, 5) is 17.6. The molecule has 3 rings (SSSR count). The Labute approximate surface area is 150 Å². The van der Waals surface area contributed by atoms with E-state index in [1.54, 1.807) is 12.1 Å². The number of nitrogens with two attached hydrogens (primary N) is 1. The minimum Gasteiger partial charge on any atom is -0.486 e. The number of thiazole rings is 1. The van der Waals surface area contributed by atoms with Gasteiger partial charge in [0.2, 0.25) is 0 Å². The first-order valence-corrected chi connectivity index (χ1v) is 9.24. The van der Waals surface area contributed by atoms with Crippen molar-refractivity contribution in [2.24, 2.45) is 11.7 Å². The highest BCUT2D eigenvalue weighted by Crippen LogP contribution is 2.26. The number of amides is 1. The van der Waals surface area contributed by atoms with Gasteiger partial charge in [-0.25, -0.2) is 9.37 Å². The van der Waals surface area contributed by atoms with E-state index in [4.69, 9.17) is 10.5 Å². The van der Waals surface area contributed by atoms with E-state index in [-0.39, 0.29) is 24.4 Å². The number of hydrogen-bond donors (Lipinski definition) is 2. The van der Waals surface area contributed by atoms with Crippen LogP contribution in [0.1, 0.15) is 39.6 Å². The SMILES string of the molecule is Cc1nc(COc2ccc(F)cc2)sc1C(=O)NC1CCCC1CN. The molecule has 1 fully saturated rings. The summed E-state index contributed by atoms with van der Waals surface area (Å²) < 4.78 is 18.5. The van der Waals surface area contributed by atoms with Gasteiger partial charge >= 0.3 is 0 Å². The van der Waals surface area contributed by atoms with Crippen molar-refractivity contribution in [2.45, 2.75) is 38.8 Å². The van der Waals surface area contributed by atoms with E-state index in [2.05, 4.69) is 10.3 Å². The van der Waals surface area contributed by atoms with Crippen molar-refractivity contribution in [2.75, 3.05) is 6.54 Å². The predicted molar refractivity (Wildman–Crippen MR) is 95.2 cm³/mol. The maximum absolute atomic E-state index is 12.9. The number of rotatable bonds is 6. The molecule has 5 nitrogen and oxygen atoms in total. The molecule has 0 saturated heterocycles. The molecular weight excluding hydrogens is 341 g/mol. The summed E-state index contributed by atoms with van der Waals surface area (Å²) in [7, 11) is 0. The molecule has 1 saturated carbocycles. The number of aryl methyl sites for hydroxylation is 1. The highest BCUT2D eigenvalue weighted by molar-refractivity contribution is 7.13. The molecule has 2 atom stereocenters. The maximum atomic E-state index is 12.9. The smallest absolute Gasteiger partial charge is 0.263 e. The van der Waals surface area contributed by atoms with E-state index in [0.29, 0.717) is 33.8 Å². The van der Waals surface area contributed by atoms with Crippen LogP contribution in [0, 0.1) is 18.7 Å². The Morgan fingerprint density at radius 3 is 2.88 bits per heavy atom. The molecule has 0 spiro atoms. The third-order valence-electron chi connectivity index (χ3n) is 4.50. The van der Waals surface area contributed by atoms with Crippen LogP contribution >= 0.6 is 11.3 Å². The van der Waals surface area contributed by atoms with E-state index in [1.165, 1.54) is 23.5 Å². The van der Waals surface area contributed by atoms with Gasteiger partial charge in [-0.1, -0.05) is 6.42 Å². The molecule has 0 bridgehead atoms. The number of hydrogen-bond acceptors (Lipinski definition) is 5. The summed E-state index contributed by atoms with van der Waals surface area (Å²) in [6.07, 6.45) is 3.15. The van der Waals surface area contributed by atoms with Crippen molar-refractivity contribution >= 4 is 17.2 Å². The molecule has 2 unspecified atom stereocenters. The topological polar surface area (TPSA) is 77.2 Å². The van der Waals surface area contributed by atoms with Crippen molar-refractivity contribution in [3.05, 3.63) is 45.7 Å². The quantitative estimate of drug-likeness (QED) is 0.827. The largest absolute Gasteiger partial charge is 0.486 e. The Morgan fingerprint density at radius 1 is 1.40 bits per heavy atom. The highest BCUT2D eigenvalue weighted by atomic mass is 32.1. The first kappa shape index (κ1) is 17.8. The summed E-state index contributed by atoms with van der Waals surface area (Å²) in [5.74, 6) is 0.530. The molecule has 1 heterocycles. The lowest BCUT2D eigenvalue weighted by Crippen LogP contribution is -2.39. The monoisotopic (exact) mass is 363 g/mol. The Morgan fingerprint density at radius 2 is 2.16 bits per heavy atom. The minimum atomic E-state index is -0.306. The number of benzene rings is 1. The Bertz CT molecular complexity index is 732. The van der Waals surface area contributed by atoms with Crippen LogP contribution in [-0.2, 0) is 6.61 Å². The fourth-order valence-corrected chi connectivity index (χ4v) is 4.02. The zero-order chi connectivity index (χ0) is 17.8. The Kier molecular flexibility index (Phi) is 5.65. The van der Waals surface area contributed by atoms with Crippen molar-refractivity contribution in [3.8, 4) is 5.75 Å². The van der Waals surface area contributed by atoms with Crippen LogP contribution < -0.4 is 15.8 Å². The molecule has 1 aromatic heterocycles. The molecule has 0 radical (unpaired) electrons. The fraction of sp³-hybridized carbons (Fsp3) is 0.444. The van der Waals surface area contributed by atoms with E-state index in [9.17, 15) is 9.18 Å². The normalized spacial score (nSPS) is 19.8. The summed E-state index contributed by atoms with van der Waals surface area (Å²) in [6, 6.07) is 5.97. The van der Waals surface area contributed by atoms with Gasteiger partial charge in [-0.2, -0.15) is 0 Å². The molecule has 25 heavy (non-hydrogen) atoms. The van der Waals surface area contributed by atoms with Gasteiger partial charge in [-0.05, 0) is 56.5 Å². The average molecular weight is 363 g/mol. The average Bonchev–Trinajstić information content (AvgIpc) is 3.20. The second kappa shape index (κ2) is 7.93. The number of nitrogens with one attached hydrogen (secondary N) is 1. The van der Waals surface area contributed by atoms with Gasteiger partial charge in [0.25, 0.3) is 5.91 Å². The van der Waals surface area contributed by atoms with Gasteiger partial charge in [0.1, 0.15) is 28.1 Å². The van der Waals surface area contributed by atoms with Crippen molar-refractivity contribution < 1.29 is 13.9 Å². The summed E-state index contributed by atoms with van der Waals surface area (Å²) >= 11 is 1.33. The van der Waals surface area contributed by atoms with Gasteiger partial charge < -0.3 is 15.8 Å². The van der Waals surface area contributed by atoms with Gasteiger partial charge in [0, 0.05) is 6.04 Å². The van der Waals surface area contributed by atoms with Gasteiger partial charge in [-0.15, -0.1) is 11.3 Å². The van der Waals surface area contributed by atoms with Crippen LogP contribution in [0.2, 0.25) is 0 Å². The summed E-state index contributed by atoms with van der Waals surface area (Å²) in [6.45, 7) is 2.67. The highest BCUT2D eigenvalue weighted by Gasteiger charge is 2.28. The van der Waals surface area contributed by atoms with Crippen LogP contribution in [0.15, 0.2) is 24.3 Å². The maximum Gasteiger partial charge on any atom is 0.263 e. The molecule has 1 aliphatic carbocycles. The Balaban J connectivity index is 1.61. The second-order valence-electron chi connectivity index (χ2n) is 6.27. The lowest BCUT2D eigenvalue weighted by Gasteiger charge is -2.19. The van der Waals surface area contributed by atoms with Crippen LogP contribution in [0.25, 0.3) is 0 Å². The molecule has 1 amide bonds. The molecule has 1 aliphatic rings. The number of carbonyl (C=O) groups excluding carboxylic acids is 1. The summed E-state index contributed by atoms with van der Waals surface area (Å²) in [5.41, 5.74) is 6.47. The van der Waals surface area contributed by atoms with E-state index in [1.807, 2.05) is 6.92 Å². The molecule has 134 valence electrons.